The van der Waals surface area contributed by atoms with Crippen molar-refractivity contribution in [1.82, 2.24) is 4.98 Å². The van der Waals surface area contributed by atoms with E-state index in [0.29, 0.717) is 35.9 Å². The summed E-state index contributed by atoms with van der Waals surface area (Å²) < 4.78 is 56.4. The third-order valence-corrected chi connectivity index (χ3v) is 5.77. The van der Waals surface area contributed by atoms with Crippen LogP contribution >= 0.6 is 11.9 Å². The van der Waals surface area contributed by atoms with Crippen molar-refractivity contribution < 1.29 is 27.1 Å². The van der Waals surface area contributed by atoms with Crippen LogP contribution in [0, 0.1) is 29.2 Å². The second-order valence-electron chi connectivity index (χ2n) is 7.63. The predicted molar refractivity (Wildman–Crippen MR) is 127 cm³/mol. The molecule has 0 aliphatic carbocycles. The topological polar surface area (TPSA) is 80.5 Å². The van der Waals surface area contributed by atoms with Gasteiger partial charge in [0.15, 0.2) is 11.6 Å². The Morgan fingerprint density at radius 1 is 1.14 bits per heavy atom. The normalized spacial score (nSPS) is 15.1. The van der Waals surface area contributed by atoms with Gasteiger partial charge in [-0.05, 0) is 61.2 Å². The minimum atomic E-state index is -0.940. The molecule has 1 aliphatic rings. The first-order chi connectivity index (χ1) is 16.8. The lowest BCUT2D eigenvalue weighted by Gasteiger charge is -2.33. The van der Waals surface area contributed by atoms with Crippen molar-refractivity contribution in [2.24, 2.45) is 11.1 Å². The van der Waals surface area contributed by atoms with Gasteiger partial charge >= 0.3 is 0 Å². The third-order valence-electron chi connectivity index (χ3n) is 5.30. The standard InChI is InChI=1S/C17H18F2N4OS.C7H6F2O/c18-12-3-4-15(14(19)8-12)23-7-1-2-11(10-23)17(24)22-13-5-6-21-16(9-13)25-20;1-10-6-4-2-3-5(8)7(6)9/h3-6,8-9,11H,1-2,7,10,20H2,(H,21,22,24);2-4H,1H3. The Bertz CT molecular complexity index is 1170. The van der Waals surface area contributed by atoms with Gasteiger partial charge in [0, 0.05) is 31.0 Å². The first-order valence-corrected chi connectivity index (χ1v) is 11.5. The number of piperidine rings is 1. The molecule has 11 heteroatoms. The molecule has 3 aromatic rings. The average molecular weight is 509 g/mol. The van der Waals surface area contributed by atoms with Crippen molar-refractivity contribution in [2.45, 2.75) is 17.9 Å². The summed E-state index contributed by atoms with van der Waals surface area (Å²) in [6.07, 6.45) is 3.05. The molecular formula is C24H24F4N4O2S. The number of nitrogens with one attached hydrogen (secondary N) is 1. The lowest BCUT2D eigenvalue weighted by atomic mass is 9.96. The van der Waals surface area contributed by atoms with Crippen LogP contribution in [-0.4, -0.2) is 31.1 Å². The fraction of sp³-hybridized carbons (Fsp3) is 0.250. The number of anilines is 2. The smallest absolute Gasteiger partial charge is 0.229 e. The molecule has 1 amide bonds. The van der Waals surface area contributed by atoms with Crippen LogP contribution < -0.4 is 20.1 Å². The molecule has 1 unspecified atom stereocenters. The van der Waals surface area contributed by atoms with Crippen molar-refractivity contribution in [3.63, 3.8) is 0 Å². The van der Waals surface area contributed by atoms with E-state index in [1.54, 1.807) is 23.2 Å². The zero-order chi connectivity index (χ0) is 25.4. The van der Waals surface area contributed by atoms with E-state index in [0.717, 1.165) is 30.5 Å². The average Bonchev–Trinajstić information content (AvgIpc) is 2.86. The minimum absolute atomic E-state index is 0.0694. The molecule has 0 bridgehead atoms. The largest absolute Gasteiger partial charge is 0.494 e. The number of carbonyl (C=O) groups excluding carboxylic acids is 1. The first-order valence-electron chi connectivity index (χ1n) is 10.6. The molecule has 2 aromatic carbocycles. The number of carbonyl (C=O) groups is 1. The van der Waals surface area contributed by atoms with Crippen LogP contribution in [0.5, 0.6) is 5.75 Å². The lowest BCUT2D eigenvalue weighted by molar-refractivity contribution is -0.120. The summed E-state index contributed by atoms with van der Waals surface area (Å²) >= 11 is 1.00. The SMILES string of the molecule is COc1cccc(F)c1F.NSc1cc(NC(=O)C2CCCN(c3ccc(F)cc3F)C2)ccn1. The molecule has 0 saturated carbocycles. The fourth-order valence-electron chi connectivity index (χ4n) is 3.59. The van der Waals surface area contributed by atoms with Gasteiger partial charge in [0.2, 0.25) is 11.7 Å². The Hall–Kier alpha value is -3.31. The van der Waals surface area contributed by atoms with Crippen LogP contribution in [0.4, 0.5) is 28.9 Å². The zero-order valence-electron chi connectivity index (χ0n) is 18.8. The second kappa shape index (κ2) is 12.4. The quantitative estimate of drug-likeness (QED) is 0.366. The van der Waals surface area contributed by atoms with Crippen molar-refractivity contribution in [2.75, 3.05) is 30.4 Å². The molecule has 1 atom stereocenters. The molecule has 1 aliphatic heterocycles. The highest BCUT2D eigenvalue weighted by atomic mass is 32.2. The van der Waals surface area contributed by atoms with Crippen molar-refractivity contribution >= 4 is 29.2 Å². The first kappa shape index (κ1) is 26.3. The van der Waals surface area contributed by atoms with Gasteiger partial charge in [0.1, 0.15) is 16.7 Å². The molecule has 6 nitrogen and oxygen atoms in total. The van der Waals surface area contributed by atoms with Gasteiger partial charge in [-0.15, -0.1) is 0 Å². The maximum absolute atomic E-state index is 14.0. The number of halogens is 4. The molecule has 1 aromatic heterocycles. The number of ether oxygens (including phenoxy) is 1. The van der Waals surface area contributed by atoms with E-state index in [-0.39, 0.29) is 17.6 Å². The Labute approximate surface area is 204 Å². The highest BCUT2D eigenvalue weighted by Crippen LogP contribution is 2.27. The lowest BCUT2D eigenvalue weighted by Crippen LogP contribution is -2.41. The third kappa shape index (κ3) is 7.09. The molecule has 1 fully saturated rings. The Morgan fingerprint density at radius 2 is 1.94 bits per heavy atom. The van der Waals surface area contributed by atoms with E-state index >= 15 is 0 Å². The van der Waals surface area contributed by atoms with Gasteiger partial charge in [0.05, 0.1) is 18.7 Å². The van der Waals surface area contributed by atoms with Crippen molar-refractivity contribution in [3.8, 4) is 5.75 Å². The molecule has 3 N–H and O–H groups in total. The van der Waals surface area contributed by atoms with E-state index in [4.69, 9.17) is 5.14 Å². The molecule has 186 valence electrons. The van der Waals surface area contributed by atoms with E-state index in [1.807, 2.05) is 0 Å². The summed E-state index contributed by atoms with van der Waals surface area (Å²) in [5.41, 5.74) is 0.947. The highest BCUT2D eigenvalue weighted by molar-refractivity contribution is 7.97. The van der Waals surface area contributed by atoms with Gasteiger partial charge in [-0.1, -0.05) is 6.07 Å². The van der Waals surface area contributed by atoms with Crippen LogP contribution in [0.1, 0.15) is 12.8 Å². The minimum Gasteiger partial charge on any atom is -0.494 e. The highest BCUT2D eigenvalue weighted by Gasteiger charge is 2.27. The van der Waals surface area contributed by atoms with Gasteiger partial charge in [-0.2, -0.15) is 4.39 Å². The molecular weight excluding hydrogens is 484 g/mol. The summed E-state index contributed by atoms with van der Waals surface area (Å²) in [6, 6.07) is 10.7. The number of methoxy groups -OCH3 is 1. The summed E-state index contributed by atoms with van der Waals surface area (Å²) in [5.74, 6) is -3.53. The Balaban J connectivity index is 0.000000287. The monoisotopic (exact) mass is 508 g/mol. The van der Waals surface area contributed by atoms with E-state index in [9.17, 15) is 22.4 Å². The van der Waals surface area contributed by atoms with E-state index in [2.05, 4.69) is 15.0 Å². The summed E-state index contributed by atoms with van der Waals surface area (Å²) in [6.45, 7) is 1.02. The number of amides is 1. The van der Waals surface area contributed by atoms with Gasteiger partial charge in [-0.25, -0.2) is 18.2 Å². The van der Waals surface area contributed by atoms with Crippen molar-refractivity contribution in [1.29, 1.82) is 0 Å². The maximum atomic E-state index is 14.0. The summed E-state index contributed by atoms with van der Waals surface area (Å²) in [4.78, 5) is 18.4. The number of nitrogens with zero attached hydrogens (tertiary/aromatic N) is 2. The number of pyridine rings is 1. The van der Waals surface area contributed by atoms with Crippen LogP contribution in [0.25, 0.3) is 0 Å². The van der Waals surface area contributed by atoms with Crippen LogP contribution in [0.2, 0.25) is 0 Å². The number of rotatable bonds is 5. The molecule has 35 heavy (non-hydrogen) atoms. The predicted octanol–water partition coefficient (Wildman–Crippen LogP) is 5.15. The van der Waals surface area contributed by atoms with Crippen LogP contribution in [0.15, 0.2) is 59.8 Å². The van der Waals surface area contributed by atoms with Gasteiger partial charge in [-0.3, -0.25) is 9.93 Å². The molecule has 1 saturated heterocycles. The summed E-state index contributed by atoms with van der Waals surface area (Å²) in [7, 11) is 1.29. The number of hydrogen-bond acceptors (Lipinski definition) is 6. The number of aromatic nitrogens is 1. The van der Waals surface area contributed by atoms with E-state index < -0.39 is 23.3 Å². The van der Waals surface area contributed by atoms with Gasteiger partial charge in [0.25, 0.3) is 0 Å². The maximum Gasteiger partial charge on any atom is 0.229 e. The second-order valence-corrected chi connectivity index (χ2v) is 8.28. The van der Waals surface area contributed by atoms with Crippen molar-refractivity contribution in [3.05, 3.63) is 78.0 Å². The fourth-order valence-corrected chi connectivity index (χ4v) is 3.90. The van der Waals surface area contributed by atoms with Gasteiger partial charge < -0.3 is 15.0 Å². The number of nitrogens with two attached hydrogens (primary N) is 1. The molecule has 0 radical (unpaired) electrons. The van der Waals surface area contributed by atoms with E-state index in [1.165, 1.54) is 31.4 Å². The Morgan fingerprint density at radius 3 is 2.63 bits per heavy atom. The van der Waals surface area contributed by atoms with Crippen LogP contribution in [-0.2, 0) is 4.79 Å². The molecule has 4 rings (SSSR count). The van der Waals surface area contributed by atoms with Crippen LogP contribution in [0.3, 0.4) is 0 Å². The Kier molecular flexibility index (Phi) is 9.32. The summed E-state index contributed by atoms with van der Waals surface area (Å²) in [5, 5.41) is 8.93. The molecule has 2 heterocycles. The number of benzene rings is 2. The number of hydrogen-bond donors (Lipinski definition) is 2. The zero-order valence-corrected chi connectivity index (χ0v) is 19.6. The molecule has 0 spiro atoms.